The van der Waals surface area contributed by atoms with Gasteiger partial charge in [-0.15, -0.1) is 0 Å². The second-order valence-electron chi connectivity index (χ2n) is 6.75. The van der Waals surface area contributed by atoms with Crippen LogP contribution in [0.5, 0.6) is 0 Å². The van der Waals surface area contributed by atoms with Crippen LogP contribution >= 0.6 is 15.9 Å². The first kappa shape index (κ1) is 24.5. The molecule has 0 bridgehead atoms. The third-order valence-corrected chi connectivity index (χ3v) is 4.10. The van der Waals surface area contributed by atoms with E-state index in [0.717, 1.165) is 15.7 Å². The summed E-state index contributed by atoms with van der Waals surface area (Å²) in [4.78, 5) is 32.0. The van der Waals surface area contributed by atoms with E-state index >= 15 is 0 Å². The second-order valence-corrected chi connectivity index (χ2v) is 7.61. The van der Waals surface area contributed by atoms with Gasteiger partial charge in [0.05, 0.1) is 35.6 Å². The summed E-state index contributed by atoms with van der Waals surface area (Å²) < 4.78 is 5.14. The zero-order valence-corrected chi connectivity index (χ0v) is 18.9. The molecule has 3 rings (SSSR count). The van der Waals surface area contributed by atoms with Gasteiger partial charge in [0.1, 0.15) is 0 Å². The van der Waals surface area contributed by atoms with Gasteiger partial charge in [-0.1, -0.05) is 13.8 Å². The van der Waals surface area contributed by atoms with Crippen molar-refractivity contribution < 1.29 is 14.3 Å². The van der Waals surface area contributed by atoms with E-state index in [9.17, 15) is 9.59 Å². The molecule has 2 aromatic heterocycles. The largest absolute Gasteiger partial charge is 0.453 e. The number of nitrogens with two attached hydrogens (primary N) is 1. The third kappa shape index (κ3) is 8.16. The predicted molar refractivity (Wildman–Crippen MR) is 118 cm³/mol. The van der Waals surface area contributed by atoms with Crippen molar-refractivity contribution in [1.29, 1.82) is 0 Å². The fraction of sp³-hybridized carbons (Fsp3) is 0.400. The molecule has 2 aromatic rings. The van der Waals surface area contributed by atoms with Crippen molar-refractivity contribution in [3.63, 3.8) is 0 Å². The summed E-state index contributed by atoms with van der Waals surface area (Å²) in [6, 6.07) is 4.13. The molecule has 0 spiro atoms. The van der Waals surface area contributed by atoms with E-state index in [1.165, 1.54) is 7.11 Å². The Morgan fingerprint density at radius 3 is 2.34 bits per heavy atom. The van der Waals surface area contributed by atoms with Crippen LogP contribution in [0, 0.1) is 0 Å². The van der Waals surface area contributed by atoms with Crippen molar-refractivity contribution in [3.05, 3.63) is 47.0 Å². The van der Waals surface area contributed by atoms with Crippen LogP contribution in [0.4, 0.5) is 16.2 Å². The molecular weight excluding hydrogens is 438 g/mol. The Bertz CT molecular complexity index is 811. The molecule has 0 atom stereocenters. The standard InChI is InChI=1S/C10H12N2O.C7H7BrN2O2.C3H9N/c1-7(2)12-9-6-11-4-3-8(9)5-10(12)13;1-12-7(11)10-6-2-3-9-4-5(6)8;1-3(2)4/h3-4,6-7H,5H2,1-2H3;2-4H,1H3,(H,9,10,11);3H,4H2,1-2H3. The first-order chi connectivity index (χ1) is 13.7. The van der Waals surface area contributed by atoms with Gasteiger partial charge in [-0.05, 0) is 53.5 Å². The van der Waals surface area contributed by atoms with Gasteiger partial charge in [0.25, 0.3) is 0 Å². The highest BCUT2D eigenvalue weighted by Gasteiger charge is 2.28. The third-order valence-electron chi connectivity index (χ3n) is 3.47. The van der Waals surface area contributed by atoms with Gasteiger partial charge in [0, 0.05) is 24.6 Å². The lowest BCUT2D eigenvalue weighted by molar-refractivity contribution is -0.117. The minimum absolute atomic E-state index is 0.179. The number of anilines is 2. The Kier molecular flexibility index (Phi) is 10.3. The Morgan fingerprint density at radius 1 is 1.21 bits per heavy atom. The number of rotatable bonds is 2. The van der Waals surface area contributed by atoms with E-state index in [1.807, 2.05) is 38.7 Å². The van der Waals surface area contributed by atoms with Crippen LogP contribution < -0.4 is 16.0 Å². The van der Waals surface area contributed by atoms with Gasteiger partial charge in [-0.2, -0.15) is 0 Å². The number of ether oxygens (including phenoxy) is 1. The molecular formula is C20H28BrN5O3. The van der Waals surface area contributed by atoms with Gasteiger partial charge >= 0.3 is 6.09 Å². The maximum atomic E-state index is 11.6. The van der Waals surface area contributed by atoms with Gasteiger partial charge in [-0.25, -0.2) is 4.79 Å². The lowest BCUT2D eigenvalue weighted by atomic mass is 10.2. The Balaban J connectivity index is 0.000000247. The quantitative estimate of drug-likeness (QED) is 0.698. The number of nitrogens with one attached hydrogen (secondary N) is 1. The molecule has 0 aliphatic carbocycles. The summed E-state index contributed by atoms with van der Waals surface area (Å²) in [7, 11) is 1.31. The smallest absolute Gasteiger partial charge is 0.411 e. The number of hydrogen-bond donors (Lipinski definition) is 2. The molecule has 0 aromatic carbocycles. The van der Waals surface area contributed by atoms with Crippen LogP contribution in [0.1, 0.15) is 33.3 Å². The number of fused-ring (bicyclic) bond motifs is 1. The van der Waals surface area contributed by atoms with Crippen LogP contribution in [0.3, 0.4) is 0 Å². The van der Waals surface area contributed by atoms with Crippen LogP contribution in [-0.2, 0) is 16.0 Å². The average Bonchev–Trinajstić information content (AvgIpc) is 2.99. The van der Waals surface area contributed by atoms with Crippen molar-refractivity contribution in [2.24, 2.45) is 5.73 Å². The lowest BCUT2D eigenvalue weighted by Gasteiger charge is -2.21. The molecule has 0 unspecified atom stereocenters. The highest BCUT2D eigenvalue weighted by Crippen LogP contribution is 2.28. The Hall–Kier alpha value is -2.52. The van der Waals surface area contributed by atoms with Crippen LogP contribution in [0.25, 0.3) is 0 Å². The van der Waals surface area contributed by atoms with Crippen molar-refractivity contribution in [2.45, 2.75) is 46.2 Å². The number of carbonyl (C=O) groups excluding carboxylic acids is 2. The summed E-state index contributed by atoms with van der Waals surface area (Å²) in [5.74, 6) is 0.179. The summed E-state index contributed by atoms with van der Waals surface area (Å²) in [6.07, 6.45) is 6.69. The lowest BCUT2D eigenvalue weighted by Crippen LogP contribution is -2.33. The molecule has 29 heavy (non-hydrogen) atoms. The molecule has 3 heterocycles. The van der Waals surface area contributed by atoms with Crippen molar-refractivity contribution in [2.75, 3.05) is 17.3 Å². The Morgan fingerprint density at radius 2 is 1.79 bits per heavy atom. The first-order valence-electron chi connectivity index (χ1n) is 9.12. The number of hydrogen-bond acceptors (Lipinski definition) is 6. The normalized spacial score (nSPS) is 11.9. The molecule has 0 radical (unpaired) electrons. The predicted octanol–water partition coefficient (Wildman–Crippen LogP) is 3.76. The maximum Gasteiger partial charge on any atom is 0.411 e. The SMILES string of the molecule is CC(C)N.CC(C)N1C(=O)Cc2ccncc21.COC(=O)Nc1ccncc1Br. The molecule has 158 valence electrons. The first-order valence-corrected chi connectivity index (χ1v) is 9.91. The van der Waals surface area contributed by atoms with Crippen molar-refractivity contribution in [1.82, 2.24) is 9.97 Å². The highest BCUT2D eigenvalue weighted by molar-refractivity contribution is 9.10. The molecule has 2 amide bonds. The van der Waals surface area contributed by atoms with Gasteiger partial charge < -0.3 is 15.4 Å². The number of carbonyl (C=O) groups is 2. The fourth-order valence-electron chi connectivity index (χ4n) is 2.37. The molecule has 8 nitrogen and oxygen atoms in total. The van der Waals surface area contributed by atoms with Crippen molar-refractivity contribution in [3.8, 4) is 0 Å². The molecule has 0 fully saturated rings. The highest BCUT2D eigenvalue weighted by atomic mass is 79.9. The fourth-order valence-corrected chi connectivity index (χ4v) is 2.72. The van der Waals surface area contributed by atoms with E-state index in [2.05, 4.69) is 36.0 Å². The zero-order chi connectivity index (χ0) is 22.0. The zero-order valence-electron chi connectivity index (χ0n) is 17.3. The number of halogens is 1. The van der Waals surface area contributed by atoms with E-state index in [1.54, 1.807) is 30.9 Å². The monoisotopic (exact) mass is 465 g/mol. The minimum Gasteiger partial charge on any atom is -0.453 e. The van der Waals surface area contributed by atoms with Crippen LogP contribution in [-0.4, -0.2) is 41.2 Å². The van der Waals surface area contributed by atoms with Gasteiger partial charge in [0.2, 0.25) is 5.91 Å². The number of methoxy groups -OCH3 is 1. The number of pyridine rings is 2. The topological polar surface area (TPSA) is 110 Å². The summed E-state index contributed by atoms with van der Waals surface area (Å²) >= 11 is 3.22. The molecule has 3 N–H and O–H groups in total. The van der Waals surface area contributed by atoms with E-state index in [-0.39, 0.29) is 11.9 Å². The molecule has 1 aliphatic heterocycles. The Labute approximate surface area is 180 Å². The van der Waals surface area contributed by atoms with E-state index in [0.29, 0.717) is 18.2 Å². The van der Waals surface area contributed by atoms with Crippen molar-refractivity contribution >= 4 is 39.3 Å². The molecule has 1 aliphatic rings. The minimum atomic E-state index is -0.498. The summed E-state index contributed by atoms with van der Waals surface area (Å²) in [5, 5.41) is 2.51. The van der Waals surface area contributed by atoms with Crippen LogP contribution in [0.2, 0.25) is 0 Å². The van der Waals surface area contributed by atoms with E-state index in [4.69, 9.17) is 5.73 Å². The molecule has 0 saturated heterocycles. The molecule has 9 heteroatoms. The molecule has 0 saturated carbocycles. The average molecular weight is 466 g/mol. The summed E-state index contributed by atoms with van der Waals surface area (Å²) in [6.45, 7) is 7.92. The van der Waals surface area contributed by atoms with Crippen LogP contribution in [0.15, 0.2) is 41.4 Å². The summed E-state index contributed by atoms with van der Waals surface area (Å²) in [5.41, 5.74) is 7.81. The number of amides is 2. The number of nitrogens with zero attached hydrogens (tertiary/aromatic N) is 3. The van der Waals surface area contributed by atoms with Gasteiger partial charge in [-0.3, -0.25) is 20.1 Å². The van der Waals surface area contributed by atoms with E-state index < -0.39 is 6.09 Å². The van der Waals surface area contributed by atoms with Gasteiger partial charge in [0.15, 0.2) is 0 Å². The maximum absolute atomic E-state index is 11.6. The second kappa shape index (κ2) is 12.1. The number of aromatic nitrogens is 2.